The second-order valence-electron chi connectivity index (χ2n) is 4.14. The van der Waals surface area contributed by atoms with Gasteiger partial charge >= 0.3 is 0 Å². The molecule has 8 nitrogen and oxygen atoms in total. The minimum atomic E-state index is -0.749. The van der Waals surface area contributed by atoms with Crippen LogP contribution in [0.1, 0.15) is 17.9 Å². The van der Waals surface area contributed by atoms with Crippen molar-refractivity contribution in [1.29, 1.82) is 0 Å². The standard InChI is InChI=1S/C11H9N5O3S2/c1-5(17)7-2-6(16(18)19)11(20-7)21-10-8-9(13-3-12-8)14-4-15-10/h2-5,17H,1H3,(H,12,13,14,15). The first kappa shape index (κ1) is 13.9. The highest BCUT2D eigenvalue weighted by Gasteiger charge is 2.23. The Kier molecular flexibility index (Phi) is 3.57. The molecule has 0 saturated carbocycles. The molecule has 0 aromatic carbocycles. The predicted octanol–water partition coefficient (Wildman–Crippen LogP) is 2.53. The Bertz CT molecular complexity index is 813. The SMILES string of the molecule is CC(O)c1cc([N+](=O)[O-])c(Sc2ncnc3nc[nH]c23)s1. The molecule has 0 fully saturated rings. The number of aromatic nitrogens is 4. The predicted molar refractivity (Wildman–Crippen MR) is 77.4 cm³/mol. The summed E-state index contributed by atoms with van der Waals surface area (Å²) in [5, 5.41) is 21.3. The van der Waals surface area contributed by atoms with Crippen LogP contribution in [0.15, 0.2) is 28.0 Å². The Morgan fingerprint density at radius 1 is 1.48 bits per heavy atom. The molecule has 10 heteroatoms. The van der Waals surface area contributed by atoms with Crippen molar-refractivity contribution in [1.82, 2.24) is 19.9 Å². The highest BCUT2D eigenvalue weighted by atomic mass is 32.2. The third-order valence-electron chi connectivity index (χ3n) is 2.68. The van der Waals surface area contributed by atoms with Gasteiger partial charge in [0.1, 0.15) is 21.1 Å². The van der Waals surface area contributed by atoms with Gasteiger partial charge in [0, 0.05) is 10.9 Å². The summed E-state index contributed by atoms with van der Waals surface area (Å²) >= 11 is 2.34. The molecule has 0 spiro atoms. The van der Waals surface area contributed by atoms with E-state index in [0.29, 0.717) is 25.3 Å². The third-order valence-corrected chi connectivity index (χ3v) is 5.17. The number of nitrogens with one attached hydrogen (secondary N) is 1. The lowest BCUT2D eigenvalue weighted by Crippen LogP contribution is -1.89. The molecule has 0 saturated heterocycles. The Labute approximate surface area is 126 Å². The maximum Gasteiger partial charge on any atom is 0.294 e. The average molecular weight is 323 g/mol. The van der Waals surface area contributed by atoms with Gasteiger partial charge in [0.15, 0.2) is 5.65 Å². The fourth-order valence-corrected chi connectivity index (χ4v) is 3.95. The molecular formula is C11H9N5O3S2. The summed E-state index contributed by atoms with van der Waals surface area (Å²) in [7, 11) is 0. The highest BCUT2D eigenvalue weighted by molar-refractivity contribution is 8.01. The summed E-state index contributed by atoms with van der Waals surface area (Å²) < 4.78 is 0.463. The molecule has 1 unspecified atom stereocenters. The van der Waals surface area contributed by atoms with Crippen molar-refractivity contribution in [3.05, 3.63) is 33.7 Å². The van der Waals surface area contributed by atoms with Gasteiger partial charge in [-0.2, -0.15) is 0 Å². The minimum Gasteiger partial charge on any atom is -0.388 e. The van der Waals surface area contributed by atoms with E-state index >= 15 is 0 Å². The molecule has 3 rings (SSSR count). The van der Waals surface area contributed by atoms with Gasteiger partial charge in [0.25, 0.3) is 5.69 Å². The zero-order chi connectivity index (χ0) is 15.0. The van der Waals surface area contributed by atoms with Crippen LogP contribution in [0, 0.1) is 10.1 Å². The zero-order valence-electron chi connectivity index (χ0n) is 10.7. The Morgan fingerprint density at radius 3 is 3.00 bits per heavy atom. The van der Waals surface area contributed by atoms with Crippen LogP contribution in [0.3, 0.4) is 0 Å². The van der Waals surface area contributed by atoms with Crippen LogP contribution in [0.5, 0.6) is 0 Å². The summed E-state index contributed by atoms with van der Waals surface area (Å²) in [6.45, 7) is 1.57. The monoisotopic (exact) mass is 323 g/mol. The summed E-state index contributed by atoms with van der Waals surface area (Å²) in [4.78, 5) is 26.3. The molecule has 0 aliphatic rings. The molecule has 0 aliphatic heterocycles. The van der Waals surface area contributed by atoms with Crippen molar-refractivity contribution in [2.24, 2.45) is 0 Å². The van der Waals surface area contributed by atoms with E-state index in [-0.39, 0.29) is 5.69 Å². The fraction of sp³-hybridized carbons (Fsp3) is 0.182. The number of rotatable bonds is 4. The van der Waals surface area contributed by atoms with E-state index in [0.717, 1.165) is 11.8 Å². The van der Waals surface area contributed by atoms with Gasteiger partial charge in [0.2, 0.25) is 0 Å². The number of aromatic amines is 1. The number of imidazole rings is 1. The molecular weight excluding hydrogens is 314 g/mol. The molecule has 3 heterocycles. The number of thiophene rings is 1. The first-order valence-electron chi connectivity index (χ1n) is 5.84. The lowest BCUT2D eigenvalue weighted by atomic mass is 10.3. The van der Waals surface area contributed by atoms with Crippen molar-refractivity contribution < 1.29 is 10.0 Å². The number of nitrogens with zero attached hydrogens (tertiary/aromatic N) is 4. The lowest BCUT2D eigenvalue weighted by molar-refractivity contribution is -0.387. The number of aliphatic hydroxyl groups excluding tert-OH is 1. The van der Waals surface area contributed by atoms with Crippen LogP contribution in [0.25, 0.3) is 11.2 Å². The molecule has 0 amide bonds. The quantitative estimate of drug-likeness (QED) is 0.430. The van der Waals surface area contributed by atoms with Crippen LogP contribution in [0.2, 0.25) is 0 Å². The van der Waals surface area contributed by atoms with Crippen LogP contribution in [-0.4, -0.2) is 30.0 Å². The van der Waals surface area contributed by atoms with Gasteiger partial charge in [-0.1, -0.05) is 0 Å². The highest BCUT2D eigenvalue weighted by Crippen LogP contribution is 2.43. The molecule has 3 aromatic rings. The van der Waals surface area contributed by atoms with E-state index in [9.17, 15) is 15.2 Å². The summed E-state index contributed by atoms with van der Waals surface area (Å²) in [6, 6.07) is 1.39. The van der Waals surface area contributed by atoms with Crippen molar-refractivity contribution in [3.63, 3.8) is 0 Å². The average Bonchev–Trinajstić information content (AvgIpc) is 3.05. The van der Waals surface area contributed by atoms with Gasteiger partial charge in [0.05, 0.1) is 17.4 Å². The van der Waals surface area contributed by atoms with Crippen LogP contribution in [-0.2, 0) is 0 Å². The van der Waals surface area contributed by atoms with Crippen LogP contribution < -0.4 is 0 Å². The molecule has 0 aliphatic carbocycles. The summed E-state index contributed by atoms with van der Waals surface area (Å²) in [6.07, 6.45) is 2.11. The topological polar surface area (TPSA) is 118 Å². The van der Waals surface area contributed by atoms with Gasteiger partial charge in [-0.3, -0.25) is 10.1 Å². The van der Waals surface area contributed by atoms with Crippen molar-refractivity contribution in [2.45, 2.75) is 22.3 Å². The number of fused-ring (bicyclic) bond motifs is 1. The van der Waals surface area contributed by atoms with E-state index in [1.54, 1.807) is 6.92 Å². The van der Waals surface area contributed by atoms with E-state index < -0.39 is 11.0 Å². The molecule has 108 valence electrons. The molecule has 0 radical (unpaired) electrons. The van der Waals surface area contributed by atoms with Gasteiger partial charge < -0.3 is 10.1 Å². The Balaban J connectivity index is 2.05. The van der Waals surface area contributed by atoms with Crippen LogP contribution >= 0.6 is 23.1 Å². The number of nitro groups is 1. The van der Waals surface area contributed by atoms with Crippen molar-refractivity contribution >= 4 is 39.9 Å². The summed E-state index contributed by atoms with van der Waals surface area (Å²) in [5.41, 5.74) is 1.10. The van der Waals surface area contributed by atoms with Gasteiger partial charge in [-0.05, 0) is 18.7 Å². The second kappa shape index (κ2) is 5.39. The third kappa shape index (κ3) is 2.60. The fourth-order valence-electron chi connectivity index (χ4n) is 1.70. The maximum atomic E-state index is 11.1. The van der Waals surface area contributed by atoms with E-state index in [1.807, 2.05) is 0 Å². The normalized spacial score (nSPS) is 12.7. The molecule has 21 heavy (non-hydrogen) atoms. The smallest absolute Gasteiger partial charge is 0.294 e. The van der Waals surface area contributed by atoms with Gasteiger partial charge in [-0.15, -0.1) is 11.3 Å². The molecule has 0 bridgehead atoms. The summed E-state index contributed by atoms with van der Waals surface area (Å²) in [5.74, 6) is 0. The first-order valence-corrected chi connectivity index (χ1v) is 7.47. The van der Waals surface area contributed by atoms with Gasteiger partial charge in [-0.25, -0.2) is 15.0 Å². The Morgan fingerprint density at radius 2 is 2.29 bits per heavy atom. The minimum absolute atomic E-state index is 0.0350. The number of H-pyrrole nitrogens is 1. The second-order valence-corrected chi connectivity index (χ2v) is 6.48. The Hall–Kier alpha value is -2.04. The van der Waals surface area contributed by atoms with E-state index in [1.165, 1.54) is 30.1 Å². The molecule has 1 atom stereocenters. The van der Waals surface area contributed by atoms with E-state index in [4.69, 9.17) is 0 Å². The number of hydrogen-bond acceptors (Lipinski definition) is 8. The number of aliphatic hydroxyl groups is 1. The van der Waals surface area contributed by atoms with E-state index in [2.05, 4.69) is 19.9 Å². The lowest BCUT2D eigenvalue weighted by Gasteiger charge is -1.99. The zero-order valence-corrected chi connectivity index (χ0v) is 12.3. The van der Waals surface area contributed by atoms with Crippen LogP contribution in [0.4, 0.5) is 5.69 Å². The van der Waals surface area contributed by atoms with Crippen molar-refractivity contribution in [3.8, 4) is 0 Å². The van der Waals surface area contributed by atoms with Crippen molar-refractivity contribution in [2.75, 3.05) is 0 Å². The maximum absolute atomic E-state index is 11.1. The molecule has 2 N–H and O–H groups in total. The number of hydrogen-bond donors (Lipinski definition) is 2. The largest absolute Gasteiger partial charge is 0.388 e. The first-order chi connectivity index (χ1) is 10.1. The molecule has 3 aromatic heterocycles.